The maximum Gasteiger partial charge on any atom is 0.317 e. The van der Waals surface area contributed by atoms with E-state index < -0.39 is 0 Å². The van der Waals surface area contributed by atoms with Crippen molar-refractivity contribution in [3.63, 3.8) is 0 Å². The van der Waals surface area contributed by atoms with E-state index in [0.29, 0.717) is 13.1 Å². The summed E-state index contributed by atoms with van der Waals surface area (Å²) in [5, 5.41) is 3.02. The number of rotatable bonds is 6. The van der Waals surface area contributed by atoms with Gasteiger partial charge in [0.15, 0.2) is 0 Å². The summed E-state index contributed by atoms with van der Waals surface area (Å²) in [6.07, 6.45) is 6.96. The number of amides is 2. The number of carbonyl (C=O) groups is 1. The van der Waals surface area contributed by atoms with Crippen LogP contribution in [-0.4, -0.2) is 46.3 Å². The summed E-state index contributed by atoms with van der Waals surface area (Å²) in [5.74, 6) is 0.955. The number of aryl methyl sites for hydroxylation is 1. The topological polar surface area (TPSA) is 59.4 Å². The van der Waals surface area contributed by atoms with Gasteiger partial charge < -0.3 is 19.5 Å². The van der Waals surface area contributed by atoms with Crippen molar-refractivity contribution in [2.45, 2.75) is 45.8 Å². The number of hydrogen-bond donors (Lipinski definition) is 1. The van der Waals surface area contributed by atoms with Gasteiger partial charge in [-0.15, -0.1) is 0 Å². The highest BCUT2D eigenvalue weighted by atomic mass is 16.5. The lowest BCUT2D eigenvalue weighted by Crippen LogP contribution is -2.47. The standard InChI is InChI=1S/C20H28N4O2/c1-3-13-26-19-5-4-11-23(15-19)20(25)22-14-17-6-8-18(9-7-17)24-12-10-21-16(24)2/h6-10,12,19H,3-5,11,13-15H2,1-2H3,(H,22,25)/t19-/m0/s1. The van der Waals surface area contributed by atoms with Crippen LogP contribution in [0.3, 0.4) is 0 Å². The number of hydrogen-bond acceptors (Lipinski definition) is 3. The molecule has 0 radical (unpaired) electrons. The van der Waals surface area contributed by atoms with Gasteiger partial charge >= 0.3 is 6.03 Å². The third-order valence-corrected chi connectivity index (χ3v) is 4.71. The number of imidazole rings is 1. The van der Waals surface area contributed by atoms with Gasteiger partial charge in [0.05, 0.1) is 6.10 Å². The van der Waals surface area contributed by atoms with E-state index in [1.54, 1.807) is 6.20 Å². The predicted octanol–water partition coefficient (Wildman–Crippen LogP) is 3.28. The van der Waals surface area contributed by atoms with Crippen molar-refractivity contribution in [3.05, 3.63) is 48.0 Å². The summed E-state index contributed by atoms with van der Waals surface area (Å²) >= 11 is 0. The minimum Gasteiger partial charge on any atom is -0.376 e. The van der Waals surface area contributed by atoms with Gasteiger partial charge in [0.2, 0.25) is 0 Å². The molecule has 0 bridgehead atoms. The Morgan fingerprint density at radius 1 is 1.35 bits per heavy atom. The van der Waals surface area contributed by atoms with Crippen LogP contribution in [0.25, 0.3) is 5.69 Å². The number of piperidine rings is 1. The summed E-state index contributed by atoms with van der Waals surface area (Å²) < 4.78 is 7.84. The Kier molecular flexibility index (Phi) is 6.28. The normalized spacial score (nSPS) is 17.3. The summed E-state index contributed by atoms with van der Waals surface area (Å²) in [6.45, 7) is 6.86. The van der Waals surface area contributed by atoms with Crippen molar-refractivity contribution < 1.29 is 9.53 Å². The second kappa shape index (κ2) is 8.85. The minimum atomic E-state index is -0.00988. The lowest BCUT2D eigenvalue weighted by molar-refractivity contribution is 0.0100. The molecule has 2 amide bonds. The van der Waals surface area contributed by atoms with Gasteiger partial charge in [-0.05, 0) is 43.9 Å². The van der Waals surface area contributed by atoms with E-state index in [-0.39, 0.29) is 12.1 Å². The van der Waals surface area contributed by atoms with Gasteiger partial charge in [-0.2, -0.15) is 0 Å². The van der Waals surface area contributed by atoms with Crippen molar-refractivity contribution >= 4 is 6.03 Å². The Bertz CT molecular complexity index is 711. The van der Waals surface area contributed by atoms with E-state index in [4.69, 9.17) is 4.74 Å². The molecule has 3 rings (SSSR count). The van der Waals surface area contributed by atoms with Gasteiger partial charge in [0.25, 0.3) is 0 Å². The van der Waals surface area contributed by atoms with Crippen molar-refractivity contribution in [2.75, 3.05) is 19.7 Å². The fourth-order valence-corrected chi connectivity index (χ4v) is 3.26. The number of nitrogens with zero attached hydrogens (tertiary/aromatic N) is 3. The van der Waals surface area contributed by atoms with Crippen LogP contribution in [0.1, 0.15) is 37.6 Å². The molecule has 1 aliphatic heterocycles. The number of nitrogens with one attached hydrogen (secondary N) is 1. The molecular formula is C20H28N4O2. The Balaban J connectivity index is 1.50. The second-order valence-electron chi connectivity index (χ2n) is 6.75. The zero-order chi connectivity index (χ0) is 18.4. The molecule has 1 atom stereocenters. The molecule has 1 saturated heterocycles. The van der Waals surface area contributed by atoms with Gasteiger partial charge in [-0.25, -0.2) is 9.78 Å². The number of ether oxygens (including phenoxy) is 1. The second-order valence-corrected chi connectivity index (χ2v) is 6.75. The van der Waals surface area contributed by atoms with Crippen LogP contribution in [0, 0.1) is 6.92 Å². The third kappa shape index (κ3) is 4.64. The number of carbonyl (C=O) groups excluding carboxylic acids is 1. The van der Waals surface area contributed by atoms with Crippen LogP contribution in [0.5, 0.6) is 0 Å². The van der Waals surface area contributed by atoms with Crippen LogP contribution in [0.4, 0.5) is 4.79 Å². The van der Waals surface area contributed by atoms with Crippen LogP contribution < -0.4 is 5.32 Å². The molecule has 6 heteroatoms. The summed E-state index contributed by atoms with van der Waals surface area (Å²) in [6, 6.07) is 8.16. The fourth-order valence-electron chi connectivity index (χ4n) is 3.26. The molecule has 1 N–H and O–H groups in total. The molecule has 6 nitrogen and oxygen atoms in total. The van der Waals surface area contributed by atoms with Gasteiger partial charge in [-0.1, -0.05) is 19.1 Å². The Hall–Kier alpha value is -2.34. The first-order valence-corrected chi connectivity index (χ1v) is 9.41. The number of aromatic nitrogens is 2. The zero-order valence-corrected chi connectivity index (χ0v) is 15.6. The van der Waals surface area contributed by atoms with Crippen LogP contribution in [-0.2, 0) is 11.3 Å². The monoisotopic (exact) mass is 356 g/mol. The van der Waals surface area contributed by atoms with E-state index in [1.807, 2.05) is 46.9 Å². The molecule has 26 heavy (non-hydrogen) atoms. The SMILES string of the molecule is CCCO[C@H]1CCCN(C(=O)NCc2ccc(-n3ccnc3C)cc2)C1. The van der Waals surface area contributed by atoms with E-state index >= 15 is 0 Å². The van der Waals surface area contributed by atoms with Crippen LogP contribution in [0.2, 0.25) is 0 Å². The van der Waals surface area contributed by atoms with Crippen LogP contribution in [0.15, 0.2) is 36.7 Å². The van der Waals surface area contributed by atoms with Crippen molar-refractivity contribution in [3.8, 4) is 5.69 Å². The van der Waals surface area contributed by atoms with Gasteiger partial charge in [0, 0.05) is 44.3 Å². The average Bonchev–Trinajstić information content (AvgIpc) is 3.11. The predicted molar refractivity (Wildman–Crippen MR) is 101 cm³/mol. The largest absolute Gasteiger partial charge is 0.376 e. The van der Waals surface area contributed by atoms with E-state index in [0.717, 1.165) is 49.5 Å². The molecule has 0 unspecified atom stereocenters. The fraction of sp³-hybridized carbons (Fsp3) is 0.500. The highest BCUT2D eigenvalue weighted by Gasteiger charge is 2.23. The summed E-state index contributed by atoms with van der Waals surface area (Å²) in [7, 11) is 0. The molecule has 1 aromatic carbocycles. The lowest BCUT2D eigenvalue weighted by Gasteiger charge is -2.32. The van der Waals surface area contributed by atoms with E-state index in [2.05, 4.69) is 17.2 Å². The van der Waals surface area contributed by atoms with Crippen molar-refractivity contribution in [2.24, 2.45) is 0 Å². The van der Waals surface area contributed by atoms with Crippen LogP contribution >= 0.6 is 0 Å². The van der Waals surface area contributed by atoms with Gasteiger partial charge in [-0.3, -0.25) is 0 Å². The highest BCUT2D eigenvalue weighted by Crippen LogP contribution is 2.14. The summed E-state index contributed by atoms with van der Waals surface area (Å²) in [4.78, 5) is 18.5. The molecule has 1 fully saturated rings. The molecule has 1 aliphatic rings. The summed E-state index contributed by atoms with van der Waals surface area (Å²) in [5.41, 5.74) is 2.15. The average molecular weight is 356 g/mol. The first-order chi connectivity index (χ1) is 12.7. The maximum atomic E-state index is 12.4. The molecule has 1 aromatic heterocycles. The van der Waals surface area contributed by atoms with E-state index in [9.17, 15) is 4.79 Å². The van der Waals surface area contributed by atoms with Crippen molar-refractivity contribution in [1.29, 1.82) is 0 Å². The molecule has 2 aromatic rings. The Morgan fingerprint density at radius 2 is 2.15 bits per heavy atom. The molecule has 0 aliphatic carbocycles. The number of likely N-dealkylation sites (tertiary alicyclic amines) is 1. The molecular weight excluding hydrogens is 328 g/mol. The molecule has 0 saturated carbocycles. The highest BCUT2D eigenvalue weighted by molar-refractivity contribution is 5.74. The van der Waals surface area contributed by atoms with Gasteiger partial charge in [0.1, 0.15) is 5.82 Å². The first kappa shape index (κ1) is 18.5. The maximum absolute atomic E-state index is 12.4. The third-order valence-electron chi connectivity index (χ3n) is 4.71. The quantitative estimate of drug-likeness (QED) is 0.864. The first-order valence-electron chi connectivity index (χ1n) is 9.41. The Labute approximate surface area is 155 Å². The molecule has 0 spiro atoms. The van der Waals surface area contributed by atoms with Crippen molar-refractivity contribution in [1.82, 2.24) is 19.8 Å². The minimum absolute atomic E-state index is 0.00988. The lowest BCUT2D eigenvalue weighted by atomic mass is 10.1. The number of urea groups is 1. The smallest absolute Gasteiger partial charge is 0.317 e. The van der Waals surface area contributed by atoms with E-state index in [1.165, 1.54) is 0 Å². The molecule has 2 heterocycles. The number of benzene rings is 1. The zero-order valence-electron chi connectivity index (χ0n) is 15.6. The Morgan fingerprint density at radius 3 is 2.85 bits per heavy atom. The molecule has 140 valence electrons.